The number of H-pyrrole nitrogens is 1. The number of aromatic hydroxyl groups is 1. The van der Waals surface area contributed by atoms with Crippen molar-refractivity contribution in [3.63, 3.8) is 0 Å². The second-order valence-electron chi connectivity index (χ2n) is 7.64. The lowest BCUT2D eigenvalue weighted by atomic mass is 10.1. The van der Waals surface area contributed by atoms with Gasteiger partial charge in [-0.1, -0.05) is 29.5 Å². The fraction of sp³-hybridized carbons (Fsp3) is 0.391. The average molecular weight is 490 g/mol. The van der Waals surface area contributed by atoms with E-state index in [2.05, 4.69) is 16.4 Å². The summed E-state index contributed by atoms with van der Waals surface area (Å²) < 4.78 is 30.7. The zero-order chi connectivity index (χ0) is 23.7. The molecule has 33 heavy (non-hydrogen) atoms. The molecule has 0 fully saturated rings. The van der Waals surface area contributed by atoms with Crippen LogP contribution in [0.15, 0.2) is 41.2 Å². The molecular formula is C23H27N3O5S2. The third kappa shape index (κ3) is 7.68. The number of fused-ring (bicyclic) bond motifs is 1. The van der Waals surface area contributed by atoms with Crippen LogP contribution in [0.25, 0.3) is 10.2 Å². The first-order chi connectivity index (χ1) is 15.9. The standard InChI is InChI=1S/C23H27N3O5S2/c24-16-18-4-2-17(3-5-18)9-13-31-12-1-14-33(29,30)15-11-25-10-8-19-6-7-20(27)21-22(19)32-23(28)26-21/h2-7,25,27H,1,8-15H2,(H,26,28). The van der Waals surface area contributed by atoms with Crippen LogP contribution in [0.2, 0.25) is 0 Å². The number of nitriles is 1. The molecule has 0 radical (unpaired) electrons. The first-order valence-electron chi connectivity index (χ1n) is 10.7. The van der Waals surface area contributed by atoms with Crippen LogP contribution < -0.4 is 10.2 Å². The molecule has 0 unspecified atom stereocenters. The van der Waals surface area contributed by atoms with Crippen LogP contribution >= 0.6 is 11.3 Å². The van der Waals surface area contributed by atoms with E-state index in [1.54, 1.807) is 24.3 Å². The molecule has 3 rings (SSSR count). The van der Waals surface area contributed by atoms with Gasteiger partial charge in [0.25, 0.3) is 0 Å². The summed E-state index contributed by atoms with van der Waals surface area (Å²) in [4.78, 5) is 14.0. The topological polar surface area (TPSA) is 132 Å². The van der Waals surface area contributed by atoms with E-state index in [4.69, 9.17) is 10.00 Å². The Morgan fingerprint density at radius 3 is 2.61 bits per heavy atom. The van der Waals surface area contributed by atoms with Gasteiger partial charge in [0, 0.05) is 13.2 Å². The van der Waals surface area contributed by atoms with Crippen LogP contribution in [0.3, 0.4) is 0 Å². The number of aromatic amines is 1. The summed E-state index contributed by atoms with van der Waals surface area (Å²) in [7, 11) is -3.16. The summed E-state index contributed by atoms with van der Waals surface area (Å²) >= 11 is 1.06. The molecule has 0 aliphatic carbocycles. The third-order valence-electron chi connectivity index (χ3n) is 5.16. The van der Waals surface area contributed by atoms with Gasteiger partial charge in [0.1, 0.15) is 11.3 Å². The maximum atomic E-state index is 12.2. The summed E-state index contributed by atoms with van der Waals surface area (Å²) in [6.45, 7) is 1.82. The minimum Gasteiger partial charge on any atom is -0.506 e. The van der Waals surface area contributed by atoms with E-state index in [0.717, 1.165) is 33.6 Å². The molecule has 0 saturated heterocycles. The lowest BCUT2D eigenvalue weighted by Crippen LogP contribution is -2.26. The van der Waals surface area contributed by atoms with Crippen molar-refractivity contribution in [3.8, 4) is 11.8 Å². The molecule has 0 bridgehead atoms. The van der Waals surface area contributed by atoms with E-state index in [9.17, 15) is 18.3 Å². The van der Waals surface area contributed by atoms with E-state index in [-0.39, 0.29) is 22.1 Å². The molecule has 0 aliphatic rings. The number of sulfone groups is 1. The summed E-state index contributed by atoms with van der Waals surface area (Å²) in [6.07, 6.45) is 1.79. The molecule has 2 aromatic carbocycles. The molecule has 176 valence electrons. The molecule has 0 spiro atoms. The number of phenolic OH excluding ortho intramolecular Hbond substituents is 1. The molecule has 0 amide bonds. The highest BCUT2D eigenvalue weighted by atomic mass is 32.2. The molecule has 1 aromatic heterocycles. The number of ether oxygens (including phenoxy) is 1. The number of aromatic nitrogens is 1. The predicted octanol–water partition coefficient (Wildman–Crippen LogP) is 2.36. The molecule has 10 heteroatoms. The number of nitrogens with one attached hydrogen (secondary N) is 2. The smallest absolute Gasteiger partial charge is 0.305 e. The fourth-order valence-corrected chi connectivity index (χ4v) is 5.48. The zero-order valence-electron chi connectivity index (χ0n) is 18.2. The number of nitrogens with zero attached hydrogens (tertiary/aromatic N) is 1. The first kappa shape index (κ1) is 24.9. The zero-order valence-corrected chi connectivity index (χ0v) is 19.8. The summed E-state index contributed by atoms with van der Waals surface area (Å²) in [5.41, 5.74) is 3.08. The van der Waals surface area contributed by atoms with Crippen LogP contribution in [0.4, 0.5) is 0 Å². The summed E-state index contributed by atoms with van der Waals surface area (Å²) in [5, 5.41) is 21.8. The Bertz CT molecular complexity index is 1260. The predicted molar refractivity (Wildman–Crippen MR) is 130 cm³/mol. The van der Waals surface area contributed by atoms with Crippen molar-refractivity contribution >= 4 is 31.4 Å². The largest absolute Gasteiger partial charge is 0.506 e. The number of hydrogen-bond acceptors (Lipinski definition) is 8. The van der Waals surface area contributed by atoms with Crippen molar-refractivity contribution in [3.05, 3.63) is 62.8 Å². The molecule has 0 saturated carbocycles. The lowest BCUT2D eigenvalue weighted by molar-refractivity contribution is 0.138. The van der Waals surface area contributed by atoms with Crippen LogP contribution in [0.5, 0.6) is 5.75 Å². The average Bonchev–Trinajstić information content (AvgIpc) is 3.20. The van der Waals surface area contributed by atoms with Crippen LogP contribution in [0, 0.1) is 11.3 Å². The first-order valence-corrected chi connectivity index (χ1v) is 13.3. The molecular weight excluding hydrogens is 462 g/mol. The molecule has 0 aliphatic heterocycles. The monoisotopic (exact) mass is 489 g/mol. The molecule has 1 heterocycles. The second kappa shape index (κ2) is 12.0. The van der Waals surface area contributed by atoms with E-state index in [0.29, 0.717) is 50.2 Å². The van der Waals surface area contributed by atoms with Gasteiger partial charge in [-0.2, -0.15) is 5.26 Å². The van der Waals surface area contributed by atoms with Gasteiger partial charge in [-0.3, -0.25) is 4.79 Å². The minimum atomic E-state index is -3.16. The van der Waals surface area contributed by atoms with Crippen molar-refractivity contribution in [2.75, 3.05) is 37.8 Å². The summed E-state index contributed by atoms with van der Waals surface area (Å²) in [6, 6.07) is 12.7. The molecule has 3 N–H and O–H groups in total. The second-order valence-corrected chi connectivity index (χ2v) is 10.9. The maximum absolute atomic E-state index is 12.2. The number of rotatable bonds is 13. The fourth-order valence-electron chi connectivity index (χ4n) is 3.37. The number of phenols is 1. The van der Waals surface area contributed by atoms with Crippen molar-refractivity contribution in [2.24, 2.45) is 0 Å². The number of benzene rings is 2. The van der Waals surface area contributed by atoms with Gasteiger partial charge in [0.05, 0.1) is 34.4 Å². The minimum absolute atomic E-state index is 0.0457. The van der Waals surface area contributed by atoms with E-state index in [1.165, 1.54) is 0 Å². The van der Waals surface area contributed by atoms with Gasteiger partial charge in [0.2, 0.25) is 0 Å². The Morgan fingerprint density at radius 2 is 1.85 bits per heavy atom. The maximum Gasteiger partial charge on any atom is 0.305 e. The van der Waals surface area contributed by atoms with E-state index >= 15 is 0 Å². The summed E-state index contributed by atoms with van der Waals surface area (Å²) in [5.74, 6) is 0.187. The van der Waals surface area contributed by atoms with Crippen LogP contribution in [-0.2, 0) is 27.4 Å². The van der Waals surface area contributed by atoms with E-state index < -0.39 is 9.84 Å². The highest BCUT2D eigenvalue weighted by Gasteiger charge is 2.11. The van der Waals surface area contributed by atoms with Crippen molar-refractivity contribution in [1.29, 1.82) is 5.26 Å². The highest BCUT2D eigenvalue weighted by Crippen LogP contribution is 2.27. The Balaban J connectivity index is 1.28. The molecule has 8 nitrogen and oxygen atoms in total. The lowest BCUT2D eigenvalue weighted by Gasteiger charge is -2.08. The quantitative estimate of drug-likeness (QED) is 0.314. The molecule has 0 atom stereocenters. The van der Waals surface area contributed by atoms with Gasteiger partial charge >= 0.3 is 4.87 Å². The molecule has 3 aromatic rings. The highest BCUT2D eigenvalue weighted by molar-refractivity contribution is 7.91. The van der Waals surface area contributed by atoms with Crippen molar-refractivity contribution < 1.29 is 18.3 Å². The van der Waals surface area contributed by atoms with Crippen LogP contribution in [0.1, 0.15) is 23.1 Å². The SMILES string of the molecule is N#Cc1ccc(CCOCCCS(=O)(=O)CCNCCc2ccc(O)c3[nH]c(=O)sc23)cc1. The van der Waals surface area contributed by atoms with E-state index in [1.807, 2.05) is 12.1 Å². The normalized spacial score (nSPS) is 11.6. The van der Waals surface area contributed by atoms with Crippen molar-refractivity contribution in [2.45, 2.75) is 19.3 Å². The Kier molecular flexibility index (Phi) is 9.03. The number of hydrogen-bond donors (Lipinski definition) is 3. The van der Waals surface area contributed by atoms with Crippen LogP contribution in [-0.4, -0.2) is 56.3 Å². The van der Waals surface area contributed by atoms with Gasteiger partial charge in [-0.15, -0.1) is 0 Å². The van der Waals surface area contributed by atoms with Gasteiger partial charge in [-0.05, 0) is 55.1 Å². The van der Waals surface area contributed by atoms with Gasteiger partial charge in [0.15, 0.2) is 9.84 Å². The Labute approximate surface area is 196 Å². The number of thiazole rings is 1. The van der Waals surface area contributed by atoms with Gasteiger partial charge < -0.3 is 20.1 Å². The third-order valence-corrected chi connectivity index (χ3v) is 7.86. The van der Waals surface area contributed by atoms with Gasteiger partial charge in [-0.25, -0.2) is 8.42 Å². The Morgan fingerprint density at radius 1 is 1.06 bits per heavy atom. The Hall–Kier alpha value is -2.71. The van der Waals surface area contributed by atoms with Crippen molar-refractivity contribution in [1.82, 2.24) is 10.3 Å².